The smallest absolute Gasteiger partial charge is 0.254 e. The summed E-state index contributed by atoms with van der Waals surface area (Å²) in [5.41, 5.74) is 1.74. The first kappa shape index (κ1) is 11.5. The maximum atomic E-state index is 5.32. The van der Waals surface area contributed by atoms with Crippen LogP contribution >= 0.6 is 0 Å². The van der Waals surface area contributed by atoms with Crippen molar-refractivity contribution in [2.24, 2.45) is 0 Å². The molecule has 1 N–H and O–H groups in total. The Morgan fingerprint density at radius 2 is 2.11 bits per heavy atom. The van der Waals surface area contributed by atoms with E-state index in [1.807, 2.05) is 37.3 Å². The fourth-order valence-electron chi connectivity index (χ4n) is 1.91. The van der Waals surface area contributed by atoms with E-state index in [9.17, 15) is 0 Å². The number of nitrogens with one attached hydrogen (secondary N) is 1. The summed E-state index contributed by atoms with van der Waals surface area (Å²) in [5.74, 6) is 2.13. The molecule has 0 spiro atoms. The molecule has 1 aromatic carbocycles. The van der Waals surface area contributed by atoms with Gasteiger partial charge >= 0.3 is 0 Å². The Hall–Kier alpha value is -2.63. The van der Waals surface area contributed by atoms with Crippen molar-refractivity contribution in [1.29, 1.82) is 0 Å². The molecule has 0 saturated heterocycles. The van der Waals surface area contributed by atoms with E-state index in [2.05, 4.69) is 20.4 Å². The Kier molecular flexibility index (Phi) is 2.75. The second-order valence-electron chi connectivity index (χ2n) is 4.08. The third kappa shape index (κ3) is 2.08. The molecule has 0 unspecified atom stereocenters. The Bertz CT molecular complexity index is 722. The molecule has 0 aliphatic carbocycles. The molecule has 6 nitrogen and oxygen atoms in total. The first-order valence-electron chi connectivity index (χ1n) is 5.85. The molecule has 2 aromatic heterocycles. The molecule has 0 fully saturated rings. The molecule has 0 bridgehead atoms. The predicted molar refractivity (Wildman–Crippen MR) is 71.8 cm³/mol. The Morgan fingerprint density at radius 3 is 2.95 bits per heavy atom. The van der Waals surface area contributed by atoms with Crippen LogP contribution in [0.5, 0.6) is 5.75 Å². The lowest BCUT2D eigenvalue weighted by molar-refractivity contribution is 0.417. The minimum Gasteiger partial charge on any atom is -0.495 e. The molecule has 0 saturated carbocycles. The first-order valence-corrected chi connectivity index (χ1v) is 5.85. The quantitative estimate of drug-likeness (QED) is 0.777. The third-order valence-electron chi connectivity index (χ3n) is 2.75. The van der Waals surface area contributed by atoms with Crippen LogP contribution < -0.4 is 10.1 Å². The van der Waals surface area contributed by atoms with Crippen molar-refractivity contribution in [3.8, 4) is 5.75 Å². The van der Waals surface area contributed by atoms with Crippen molar-refractivity contribution in [2.75, 3.05) is 12.4 Å². The lowest BCUT2D eigenvalue weighted by Crippen LogP contribution is -2.03. The van der Waals surface area contributed by atoms with E-state index in [0.29, 0.717) is 5.78 Å². The second kappa shape index (κ2) is 4.56. The summed E-state index contributed by atoms with van der Waals surface area (Å²) < 4.78 is 6.97. The molecule has 0 aliphatic rings. The molecule has 6 heteroatoms. The summed E-state index contributed by atoms with van der Waals surface area (Å²) in [5, 5.41) is 7.44. The number of fused-ring (bicyclic) bond motifs is 1. The zero-order valence-electron chi connectivity index (χ0n) is 10.7. The van der Waals surface area contributed by atoms with Crippen molar-refractivity contribution in [3.63, 3.8) is 0 Å². The summed E-state index contributed by atoms with van der Waals surface area (Å²) in [7, 11) is 1.64. The van der Waals surface area contributed by atoms with Gasteiger partial charge in [0.05, 0.1) is 12.8 Å². The Balaban J connectivity index is 2.07. The minimum absolute atomic E-state index is 0.567. The fourth-order valence-corrected chi connectivity index (χ4v) is 1.91. The Labute approximate surface area is 110 Å². The number of aromatic nitrogens is 4. The van der Waals surface area contributed by atoms with Gasteiger partial charge in [-0.25, -0.2) is 4.98 Å². The van der Waals surface area contributed by atoms with Crippen molar-refractivity contribution in [3.05, 3.63) is 42.4 Å². The van der Waals surface area contributed by atoms with Gasteiger partial charge in [-0.2, -0.15) is 14.6 Å². The SMILES string of the molecule is COc1ccccc1Nc1cc(C)nc2ncnn12. The number of benzene rings is 1. The van der Waals surface area contributed by atoms with Crippen LogP contribution in [-0.4, -0.2) is 26.7 Å². The summed E-state index contributed by atoms with van der Waals surface area (Å²) >= 11 is 0. The number of nitrogens with zero attached hydrogens (tertiary/aromatic N) is 4. The van der Waals surface area contributed by atoms with E-state index >= 15 is 0 Å². The van der Waals surface area contributed by atoms with Crippen molar-refractivity contribution >= 4 is 17.3 Å². The minimum atomic E-state index is 0.567. The number of methoxy groups -OCH3 is 1. The van der Waals surface area contributed by atoms with Gasteiger partial charge in [0.2, 0.25) is 0 Å². The van der Waals surface area contributed by atoms with Crippen LogP contribution in [-0.2, 0) is 0 Å². The van der Waals surface area contributed by atoms with Gasteiger partial charge in [-0.1, -0.05) is 12.1 Å². The van der Waals surface area contributed by atoms with Gasteiger partial charge < -0.3 is 10.1 Å². The molecule has 19 heavy (non-hydrogen) atoms. The average molecular weight is 255 g/mol. The average Bonchev–Trinajstić information content (AvgIpc) is 2.87. The highest BCUT2D eigenvalue weighted by molar-refractivity contribution is 5.65. The van der Waals surface area contributed by atoms with Crippen LogP contribution in [0.2, 0.25) is 0 Å². The first-order chi connectivity index (χ1) is 9.28. The fraction of sp³-hybridized carbons (Fsp3) is 0.154. The number of anilines is 2. The van der Waals surface area contributed by atoms with E-state index < -0.39 is 0 Å². The van der Waals surface area contributed by atoms with E-state index in [4.69, 9.17) is 4.74 Å². The van der Waals surface area contributed by atoms with Gasteiger partial charge in [0.1, 0.15) is 17.9 Å². The predicted octanol–water partition coefficient (Wildman–Crippen LogP) is 2.18. The number of aryl methyl sites for hydroxylation is 1. The molecule has 3 aromatic rings. The summed E-state index contributed by atoms with van der Waals surface area (Å²) in [4.78, 5) is 8.39. The largest absolute Gasteiger partial charge is 0.495 e. The van der Waals surface area contributed by atoms with Gasteiger partial charge in [-0.05, 0) is 19.1 Å². The molecule has 96 valence electrons. The number of hydrogen-bond acceptors (Lipinski definition) is 5. The van der Waals surface area contributed by atoms with Gasteiger partial charge in [0.25, 0.3) is 5.78 Å². The van der Waals surface area contributed by atoms with Crippen LogP contribution in [0.15, 0.2) is 36.7 Å². The topological polar surface area (TPSA) is 64.3 Å². The summed E-state index contributed by atoms with van der Waals surface area (Å²) in [6, 6.07) is 9.62. The van der Waals surface area contributed by atoms with Gasteiger partial charge in [0, 0.05) is 11.8 Å². The van der Waals surface area contributed by atoms with E-state index in [1.165, 1.54) is 6.33 Å². The number of rotatable bonds is 3. The monoisotopic (exact) mass is 255 g/mol. The molecular weight excluding hydrogens is 242 g/mol. The standard InChI is InChI=1S/C13H13N5O/c1-9-7-12(18-13(16-9)14-8-15-18)17-10-5-3-4-6-11(10)19-2/h3-8,17H,1-2H3. The summed E-state index contributed by atoms with van der Waals surface area (Å²) in [6.07, 6.45) is 1.48. The molecule has 0 amide bonds. The van der Waals surface area contributed by atoms with Crippen LogP contribution in [0.3, 0.4) is 0 Å². The van der Waals surface area contributed by atoms with Crippen LogP contribution in [0, 0.1) is 6.92 Å². The molecule has 0 radical (unpaired) electrons. The molecule has 3 rings (SSSR count). The van der Waals surface area contributed by atoms with E-state index in [0.717, 1.165) is 22.9 Å². The highest BCUT2D eigenvalue weighted by Crippen LogP contribution is 2.26. The zero-order chi connectivity index (χ0) is 13.2. The number of hydrogen-bond donors (Lipinski definition) is 1. The van der Waals surface area contributed by atoms with Gasteiger partial charge in [-0.15, -0.1) is 0 Å². The van der Waals surface area contributed by atoms with Crippen LogP contribution in [0.4, 0.5) is 11.5 Å². The highest BCUT2D eigenvalue weighted by Gasteiger charge is 2.08. The second-order valence-corrected chi connectivity index (χ2v) is 4.08. The van der Waals surface area contributed by atoms with E-state index in [-0.39, 0.29) is 0 Å². The van der Waals surface area contributed by atoms with Crippen LogP contribution in [0.25, 0.3) is 5.78 Å². The van der Waals surface area contributed by atoms with Crippen molar-refractivity contribution < 1.29 is 4.74 Å². The molecule has 2 heterocycles. The lowest BCUT2D eigenvalue weighted by Gasteiger charge is -2.11. The summed E-state index contributed by atoms with van der Waals surface area (Å²) in [6.45, 7) is 1.92. The molecule has 0 aliphatic heterocycles. The highest BCUT2D eigenvalue weighted by atomic mass is 16.5. The molecular formula is C13H13N5O. The normalized spacial score (nSPS) is 10.6. The maximum absolute atomic E-state index is 5.32. The maximum Gasteiger partial charge on any atom is 0.254 e. The van der Waals surface area contributed by atoms with Crippen molar-refractivity contribution in [1.82, 2.24) is 19.6 Å². The number of ether oxygens (including phenoxy) is 1. The zero-order valence-corrected chi connectivity index (χ0v) is 10.7. The van der Waals surface area contributed by atoms with Crippen molar-refractivity contribution in [2.45, 2.75) is 6.92 Å². The van der Waals surface area contributed by atoms with Gasteiger partial charge in [0.15, 0.2) is 0 Å². The lowest BCUT2D eigenvalue weighted by atomic mass is 10.3. The van der Waals surface area contributed by atoms with Crippen LogP contribution in [0.1, 0.15) is 5.69 Å². The third-order valence-corrected chi connectivity index (χ3v) is 2.75. The Morgan fingerprint density at radius 1 is 1.26 bits per heavy atom. The number of para-hydroxylation sites is 2. The van der Waals surface area contributed by atoms with E-state index in [1.54, 1.807) is 11.6 Å². The molecule has 0 atom stereocenters. The van der Waals surface area contributed by atoms with Gasteiger partial charge in [-0.3, -0.25) is 0 Å².